The fourth-order valence-electron chi connectivity index (χ4n) is 2.75. The molecule has 1 saturated heterocycles. The number of carbonyl (C=O) groups is 2. The van der Waals surface area contributed by atoms with Crippen molar-refractivity contribution >= 4 is 25.6 Å². The summed E-state index contributed by atoms with van der Waals surface area (Å²) >= 11 is 0. The van der Waals surface area contributed by atoms with Gasteiger partial charge < -0.3 is 29.7 Å². The molecule has 1 fully saturated rings. The highest BCUT2D eigenvalue weighted by Crippen LogP contribution is 2.44. The molecule has 0 amide bonds. The van der Waals surface area contributed by atoms with E-state index in [1.807, 2.05) is 0 Å². The van der Waals surface area contributed by atoms with Crippen LogP contribution in [-0.2, 0) is 32.9 Å². The predicted molar refractivity (Wildman–Crippen MR) is 90.5 cm³/mol. The number of nitrogen functional groups attached to an aromatic ring is 1. The molecule has 4 atom stereocenters. The second-order valence-electron chi connectivity index (χ2n) is 6.23. The quantitative estimate of drug-likeness (QED) is 0.379. The Hall–Kier alpha value is -2.31. The summed E-state index contributed by atoms with van der Waals surface area (Å²) in [6.07, 6.45) is -2.80. The fourth-order valence-corrected chi connectivity index (χ4v) is 3.18. The number of aromatic nitrogens is 2. The summed E-state index contributed by atoms with van der Waals surface area (Å²) in [6, 6.07) is 1.29. The molecule has 1 unspecified atom stereocenters. The maximum atomic E-state index is 12.2. The number of rotatable bonds is 6. The molecule has 2 heterocycles. The summed E-state index contributed by atoms with van der Waals surface area (Å²) in [7, 11) is -4.90. The molecule has 0 bridgehead atoms. The highest BCUT2D eigenvalue weighted by Gasteiger charge is 2.58. The van der Waals surface area contributed by atoms with Crippen LogP contribution >= 0.6 is 7.82 Å². The van der Waals surface area contributed by atoms with E-state index in [-0.39, 0.29) is 5.82 Å². The third-order valence-corrected chi connectivity index (χ3v) is 4.28. The Bertz CT molecular complexity index is 867. The van der Waals surface area contributed by atoms with Crippen LogP contribution in [0.25, 0.3) is 0 Å². The summed E-state index contributed by atoms with van der Waals surface area (Å²) in [5, 5.41) is 0. The highest BCUT2D eigenvalue weighted by atomic mass is 31.2. The van der Waals surface area contributed by atoms with Gasteiger partial charge in [0.1, 0.15) is 11.4 Å². The standard InChI is InChI=1S/C14H20N3O10P/c1-7(18)25-10-11(26-8(2)19)14(3,6-24-28(21,22)23)27-12(10)17-5-4-9(15)16-13(17)20/h4-5,10-12H,6H2,1-3H3,(H2,15,16,20)(H2,21,22,23)/t10-,11+,12?,14-/m1/s1. The van der Waals surface area contributed by atoms with E-state index in [4.69, 9.17) is 29.7 Å². The smallest absolute Gasteiger partial charge is 0.455 e. The summed E-state index contributed by atoms with van der Waals surface area (Å²) in [4.78, 5) is 56.9. The van der Waals surface area contributed by atoms with E-state index in [0.717, 1.165) is 18.4 Å². The van der Waals surface area contributed by atoms with Gasteiger partial charge in [-0.2, -0.15) is 4.98 Å². The maximum Gasteiger partial charge on any atom is 0.469 e. The molecule has 1 aromatic heterocycles. The van der Waals surface area contributed by atoms with Gasteiger partial charge in [-0.3, -0.25) is 18.7 Å². The van der Waals surface area contributed by atoms with Crippen molar-refractivity contribution in [3.05, 3.63) is 22.7 Å². The minimum atomic E-state index is -4.90. The van der Waals surface area contributed by atoms with E-state index < -0.39 is 56.1 Å². The average molecular weight is 421 g/mol. The Morgan fingerprint density at radius 1 is 1.36 bits per heavy atom. The largest absolute Gasteiger partial charge is 0.469 e. The number of carbonyl (C=O) groups excluding carboxylic acids is 2. The van der Waals surface area contributed by atoms with Gasteiger partial charge in [0.2, 0.25) is 0 Å². The van der Waals surface area contributed by atoms with Crippen LogP contribution in [0.3, 0.4) is 0 Å². The van der Waals surface area contributed by atoms with E-state index in [2.05, 4.69) is 9.51 Å². The van der Waals surface area contributed by atoms with Crippen molar-refractivity contribution in [2.24, 2.45) is 0 Å². The van der Waals surface area contributed by atoms with Crippen molar-refractivity contribution in [1.82, 2.24) is 9.55 Å². The lowest BCUT2D eigenvalue weighted by molar-refractivity contribution is -0.169. The summed E-state index contributed by atoms with van der Waals surface area (Å²) in [6.45, 7) is 2.76. The average Bonchev–Trinajstić information content (AvgIpc) is 2.78. The van der Waals surface area contributed by atoms with E-state index >= 15 is 0 Å². The molecular weight excluding hydrogens is 401 g/mol. The Morgan fingerprint density at radius 3 is 2.46 bits per heavy atom. The van der Waals surface area contributed by atoms with Gasteiger partial charge in [-0.25, -0.2) is 9.36 Å². The SMILES string of the molecule is CC(=O)O[C@H]1C(n2ccc(N)nc2=O)O[C@](C)(COP(=O)(O)O)[C@H]1OC(C)=O. The molecule has 0 aliphatic carbocycles. The Balaban J connectivity index is 2.51. The molecule has 156 valence electrons. The van der Waals surface area contributed by atoms with Gasteiger partial charge in [-0.05, 0) is 13.0 Å². The van der Waals surface area contributed by atoms with Gasteiger partial charge in [-0.1, -0.05) is 0 Å². The summed E-state index contributed by atoms with van der Waals surface area (Å²) in [5.41, 5.74) is 2.93. The Kier molecular flexibility index (Phi) is 6.26. The molecule has 4 N–H and O–H groups in total. The first kappa shape index (κ1) is 22.0. The zero-order valence-electron chi connectivity index (χ0n) is 15.2. The second-order valence-corrected chi connectivity index (χ2v) is 7.47. The maximum absolute atomic E-state index is 12.2. The van der Waals surface area contributed by atoms with Crippen molar-refractivity contribution in [3.8, 4) is 0 Å². The zero-order chi connectivity index (χ0) is 21.3. The van der Waals surface area contributed by atoms with E-state index in [1.165, 1.54) is 19.2 Å². The van der Waals surface area contributed by atoms with E-state index in [9.17, 15) is 18.9 Å². The molecule has 1 aromatic rings. The van der Waals surface area contributed by atoms with Crippen LogP contribution in [0.15, 0.2) is 17.1 Å². The molecule has 13 nitrogen and oxygen atoms in total. The molecule has 0 radical (unpaired) electrons. The van der Waals surface area contributed by atoms with Crippen LogP contribution in [0.5, 0.6) is 0 Å². The van der Waals surface area contributed by atoms with Crippen LogP contribution in [0.1, 0.15) is 27.0 Å². The topological polar surface area (TPSA) is 189 Å². The van der Waals surface area contributed by atoms with Gasteiger partial charge >= 0.3 is 25.5 Å². The molecule has 28 heavy (non-hydrogen) atoms. The van der Waals surface area contributed by atoms with Crippen molar-refractivity contribution in [2.45, 2.75) is 44.8 Å². The molecule has 0 spiro atoms. The lowest BCUT2D eigenvalue weighted by Crippen LogP contribution is -2.48. The third-order valence-electron chi connectivity index (χ3n) is 3.81. The molecule has 0 aromatic carbocycles. The normalized spacial score (nSPS) is 27.4. The minimum absolute atomic E-state index is 0.0626. The van der Waals surface area contributed by atoms with Crippen LogP contribution in [0, 0.1) is 0 Å². The zero-order valence-corrected chi connectivity index (χ0v) is 16.1. The van der Waals surface area contributed by atoms with Gasteiger partial charge in [0.25, 0.3) is 0 Å². The number of nitrogens with zero attached hydrogens (tertiary/aromatic N) is 2. The number of hydrogen-bond acceptors (Lipinski definition) is 10. The summed E-state index contributed by atoms with van der Waals surface area (Å²) < 4.78 is 32.7. The Morgan fingerprint density at radius 2 is 1.96 bits per heavy atom. The monoisotopic (exact) mass is 421 g/mol. The van der Waals surface area contributed by atoms with Gasteiger partial charge in [0.15, 0.2) is 18.4 Å². The molecular formula is C14H20N3O10P. The number of hydrogen-bond donors (Lipinski definition) is 3. The van der Waals surface area contributed by atoms with Crippen molar-refractivity contribution < 1.29 is 42.7 Å². The molecule has 0 saturated carbocycles. The predicted octanol–water partition coefficient (Wildman–Crippen LogP) is -0.914. The number of nitrogens with two attached hydrogens (primary N) is 1. The molecule has 2 rings (SSSR count). The van der Waals surface area contributed by atoms with Gasteiger partial charge in [0, 0.05) is 20.0 Å². The number of ether oxygens (including phenoxy) is 3. The third kappa shape index (κ3) is 5.14. The lowest BCUT2D eigenvalue weighted by Gasteiger charge is -2.30. The highest BCUT2D eigenvalue weighted by molar-refractivity contribution is 7.46. The number of anilines is 1. The van der Waals surface area contributed by atoms with Crippen molar-refractivity contribution in [3.63, 3.8) is 0 Å². The van der Waals surface area contributed by atoms with Gasteiger partial charge in [-0.15, -0.1) is 0 Å². The Labute approximate surface area is 158 Å². The molecule has 1 aliphatic rings. The number of phosphoric acid groups is 1. The minimum Gasteiger partial charge on any atom is -0.455 e. The second kappa shape index (κ2) is 7.97. The summed E-state index contributed by atoms with van der Waals surface area (Å²) in [5.74, 6) is -1.61. The fraction of sp³-hybridized carbons (Fsp3) is 0.571. The van der Waals surface area contributed by atoms with E-state index in [1.54, 1.807) is 0 Å². The van der Waals surface area contributed by atoms with Crippen LogP contribution < -0.4 is 11.4 Å². The van der Waals surface area contributed by atoms with Crippen LogP contribution in [0.4, 0.5) is 5.82 Å². The number of phosphoric ester groups is 1. The molecule has 14 heteroatoms. The van der Waals surface area contributed by atoms with E-state index in [0.29, 0.717) is 0 Å². The van der Waals surface area contributed by atoms with Crippen molar-refractivity contribution in [1.29, 1.82) is 0 Å². The first-order valence-corrected chi connectivity index (χ1v) is 9.42. The first-order chi connectivity index (χ1) is 12.8. The van der Waals surface area contributed by atoms with Crippen LogP contribution in [-0.4, -0.2) is 55.7 Å². The lowest BCUT2D eigenvalue weighted by atomic mass is 9.98. The van der Waals surface area contributed by atoms with Crippen LogP contribution in [0.2, 0.25) is 0 Å². The molecule has 1 aliphatic heterocycles. The number of esters is 2. The van der Waals surface area contributed by atoms with Crippen molar-refractivity contribution in [2.75, 3.05) is 12.3 Å². The van der Waals surface area contributed by atoms with Gasteiger partial charge in [0.05, 0.1) is 6.61 Å². The first-order valence-electron chi connectivity index (χ1n) is 7.89.